The zero-order chi connectivity index (χ0) is 12.8. The first kappa shape index (κ1) is 13.8. The minimum absolute atomic E-state index is 0.0282. The number of hydrogen-bond acceptors (Lipinski definition) is 2. The number of hydrogen-bond donors (Lipinski definition) is 1. The Kier molecular flexibility index (Phi) is 5.29. The second kappa shape index (κ2) is 6.50. The second-order valence-corrected chi connectivity index (χ2v) is 4.52. The molecule has 94 valence electrons. The lowest BCUT2D eigenvalue weighted by molar-refractivity contribution is -0.137. The number of carboxylic acid groups (broad SMARTS) is 1. The Bertz CT molecular complexity index is 361. The predicted octanol–water partition coefficient (Wildman–Crippen LogP) is 3.27. The summed E-state index contributed by atoms with van der Waals surface area (Å²) < 4.78 is 5.28. The third kappa shape index (κ3) is 4.27. The molecule has 2 atom stereocenters. The van der Waals surface area contributed by atoms with Gasteiger partial charge in [-0.2, -0.15) is 0 Å². The van der Waals surface area contributed by atoms with E-state index in [-0.39, 0.29) is 6.61 Å². The van der Waals surface area contributed by atoms with Crippen LogP contribution in [-0.2, 0) is 4.79 Å². The molecule has 0 bridgehead atoms. The number of rotatable bonds is 6. The van der Waals surface area contributed by atoms with E-state index in [0.29, 0.717) is 11.7 Å². The van der Waals surface area contributed by atoms with Crippen molar-refractivity contribution in [1.29, 1.82) is 0 Å². The molecule has 0 heterocycles. The van der Waals surface area contributed by atoms with Crippen molar-refractivity contribution in [2.24, 2.45) is 0 Å². The van der Waals surface area contributed by atoms with Crippen LogP contribution in [0.1, 0.15) is 31.7 Å². The van der Waals surface area contributed by atoms with Gasteiger partial charge in [-0.3, -0.25) is 4.79 Å². The summed E-state index contributed by atoms with van der Waals surface area (Å²) in [5.74, 6) is 0.0932. The van der Waals surface area contributed by atoms with E-state index >= 15 is 0 Å². The van der Waals surface area contributed by atoms with Crippen LogP contribution in [0.5, 0.6) is 5.75 Å². The molecule has 0 spiro atoms. The highest BCUT2D eigenvalue weighted by Gasteiger charge is 2.14. The highest BCUT2D eigenvalue weighted by molar-refractivity contribution is 6.29. The summed E-state index contributed by atoms with van der Waals surface area (Å²) in [4.78, 5) is 10.5. The molecule has 3 nitrogen and oxygen atoms in total. The molecule has 0 saturated carbocycles. The summed E-state index contributed by atoms with van der Waals surface area (Å²) in [6, 6.07) is 7.67. The minimum Gasteiger partial charge on any atom is -0.491 e. The standard InChI is InChI=1S/C13H17ClO3/c1-3-9(2)10-4-6-11(7-5-10)17-8-12(14)13(15)16/h4-7,9,12H,3,8H2,1-2H3,(H,15,16). The van der Waals surface area contributed by atoms with Crippen molar-refractivity contribution in [3.63, 3.8) is 0 Å². The summed E-state index contributed by atoms with van der Waals surface area (Å²) in [6.07, 6.45) is 1.09. The molecule has 0 amide bonds. The highest BCUT2D eigenvalue weighted by atomic mass is 35.5. The molecule has 2 unspecified atom stereocenters. The lowest BCUT2D eigenvalue weighted by Crippen LogP contribution is -2.21. The number of halogens is 1. The normalized spacial score (nSPS) is 14.1. The highest BCUT2D eigenvalue weighted by Crippen LogP contribution is 2.21. The van der Waals surface area contributed by atoms with E-state index in [4.69, 9.17) is 21.4 Å². The fourth-order valence-electron chi connectivity index (χ4n) is 1.37. The molecule has 0 saturated heterocycles. The van der Waals surface area contributed by atoms with Gasteiger partial charge in [0.1, 0.15) is 12.4 Å². The average Bonchev–Trinajstić information content (AvgIpc) is 2.35. The van der Waals surface area contributed by atoms with Gasteiger partial charge in [0, 0.05) is 0 Å². The van der Waals surface area contributed by atoms with Crippen molar-refractivity contribution in [2.75, 3.05) is 6.61 Å². The SMILES string of the molecule is CCC(C)c1ccc(OCC(Cl)C(=O)O)cc1. The van der Waals surface area contributed by atoms with E-state index in [1.807, 2.05) is 24.3 Å². The van der Waals surface area contributed by atoms with Gasteiger partial charge in [-0.15, -0.1) is 11.6 Å². The number of benzene rings is 1. The van der Waals surface area contributed by atoms with Crippen LogP contribution in [0.15, 0.2) is 24.3 Å². The molecule has 1 aromatic rings. The van der Waals surface area contributed by atoms with Crippen LogP contribution in [-0.4, -0.2) is 23.1 Å². The fraction of sp³-hybridized carbons (Fsp3) is 0.462. The maximum absolute atomic E-state index is 10.5. The molecule has 1 rings (SSSR count). The Morgan fingerprint density at radius 2 is 2.00 bits per heavy atom. The zero-order valence-electron chi connectivity index (χ0n) is 10.0. The van der Waals surface area contributed by atoms with Crippen LogP contribution in [0.2, 0.25) is 0 Å². The fourth-order valence-corrected chi connectivity index (χ4v) is 1.43. The molecule has 0 fully saturated rings. The van der Waals surface area contributed by atoms with E-state index in [2.05, 4.69) is 13.8 Å². The van der Waals surface area contributed by atoms with Gasteiger partial charge in [-0.05, 0) is 30.0 Å². The Labute approximate surface area is 106 Å². The Morgan fingerprint density at radius 1 is 1.41 bits per heavy atom. The van der Waals surface area contributed by atoms with E-state index in [1.54, 1.807) is 0 Å². The third-order valence-corrected chi connectivity index (χ3v) is 3.04. The smallest absolute Gasteiger partial charge is 0.325 e. The zero-order valence-corrected chi connectivity index (χ0v) is 10.8. The van der Waals surface area contributed by atoms with Crippen molar-refractivity contribution in [1.82, 2.24) is 0 Å². The van der Waals surface area contributed by atoms with Gasteiger partial charge in [0.25, 0.3) is 0 Å². The summed E-state index contributed by atoms with van der Waals surface area (Å²) in [7, 11) is 0. The van der Waals surface area contributed by atoms with Gasteiger partial charge in [-0.25, -0.2) is 0 Å². The van der Waals surface area contributed by atoms with Crippen molar-refractivity contribution < 1.29 is 14.6 Å². The number of ether oxygens (including phenoxy) is 1. The molecular formula is C13H17ClO3. The van der Waals surface area contributed by atoms with Crippen LogP contribution in [0.4, 0.5) is 0 Å². The topological polar surface area (TPSA) is 46.5 Å². The number of alkyl halides is 1. The molecular weight excluding hydrogens is 240 g/mol. The van der Waals surface area contributed by atoms with Crippen LogP contribution < -0.4 is 4.74 Å². The molecule has 0 aliphatic heterocycles. The Hall–Kier alpha value is -1.22. The molecule has 17 heavy (non-hydrogen) atoms. The lowest BCUT2D eigenvalue weighted by atomic mass is 9.99. The van der Waals surface area contributed by atoms with Crippen molar-refractivity contribution in [3.05, 3.63) is 29.8 Å². The lowest BCUT2D eigenvalue weighted by Gasteiger charge is -2.11. The van der Waals surface area contributed by atoms with Crippen molar-refractivity contribution >= 4 is 17.6 Å². The maximum atomic E-state index is 10.5. The van der Waals surface area contributed by atoms with Gasteiger partial charge in [0.2, 0.25) is 0 Å². The Balaban J connectivity index is 2.54. The van der Waals surface area contributed by atoms with Gasteiger partial charge < -0.3 is 9.84 Å². The second-order valence-electron chi connectivity index (χ2n) is 4.00. The van der Waals surface area contributed by atoms with Crippen LogP contribution >= 0.6 is 11.6 Å². The number of carboxylic acids is 1. The van der Waals surface area contributed by atoms with E-state index < -0.39 is 11.3 Å². The number of aliphatic carboxylic acids is 1. The predicted molar refractivity (Wildman–Crippen MR) is 67.9 cm³/mol. The van der Waals surface area contributed by atoms with Gasteiger partial charge in [0.05, 0.1) is 0 Å². The van der Waals surface area contributed by atoms with E-state index in [9.17, 15) is 4.79 Å². The van der Waals surface area contributed by atoms with Crippen LogP contribution in [0.3, 0.4) is 0 Å². The molecule has 1 N–H and O–H groups in total. The minimum atomic E-state index is -1.07. The van der Waals surface area contributed by atoms with Gasteiger partial charge >= 0.3 is 5.97 Å². The average molecular weight is 257 g/mol. The molecule has 0 aliphatic rings. The van der Waals surface area contributed by atoms with Crippen molar-refractivity contribution in [2.45, 2.75) is 31.6 Å². The van der Waals surface area contributed by atoms with Crippen LogP contribution in [0, 0.1) is 0 Å². The first-order valence-electron chi connectivity index (χ1n) is 5.64. The van der Waals surface area contributed by atoms with Crippen molar-refractivity contribution in [3.8, 4) is 5.75 Å². The van der Waals surface area contributed by atoms with E-state index in [0.717, 1.165) is 6.42 Å². The molecule has 0 aromatic heterocycles. The third-order valence-electron chi connectivity index (χ3n) is 2.73. The molecule has 0 radical (unpaired) electrons. The first-order valence-corrected chi connectivity index (χ1v) is 6.07. The molecule has 4 heteroatoms. The summed E-state index contributed by atoms with van der Waals surface area (Å²) in [6.45, 7) is 4.27. The summed E-state index contributed by atoms with van der Waals surface area (Å²) in [5.41, 5.74) is 1.25. The van der Waals surface area contributed by atoms with E-state index in [1.165, 1.54) is 5.56 Å². The molecule has 1 aromatic carbocycles. The van der Waals surface area contributed by atoms with Gasteiger partial charge in [0.15, 0.2) is 5.38 Å². The number of carbonyl (C=O) groups is 1. The largest absolute Gasteiger partial charge is 0.491 e. The summed E-state index contributed by atoms with van der Waals surface area (Å²) >= 11 is 5.55. The molecule has 0 aliphatic carbocycles. The van der Waals surface area contributed by atoms with Gasteiger partial charge in [-0.1, -0.05) is 26.0 Å². The Morgan fingerprint density at radius 3 is 2.47 bits per heavy atom. The van der Waals surface area contributed by atoms with Crippen LogP contribution in [0.25, 0.3) is 0 Å². The summed E-state index contributed by atoms with van der Waals surface area (Å²) in [5, 5.41) is 7.59. The first-order chi connectivity index (χ1) is 8.04. The maximum Gasteiger partial charge on any atom is 0.325 e. The quantitative estimate of drug-likeness (QED) is 0.795. The monoisotopic (exact) mass is 256 g/mol.